The number of carbonyl (C=O) groups excluding carboxylic acids is 1. The summed E-state index contributed by atoms with van der Waals surface area (Å²) in [4.78, 5) is 16.3. The molecule has 0 aliphatic carbocycles. The topological polar surface area (TPSA) is 49.6 Å². The fourth-order valence-corrected chi connectivity index (χ4v) is 2.86. The Hall–Kier alpha value is -1.52. The van der Waals surface area contributed by atoms with Crippen LogP contribution in [0.5, 0.6) is 0 Å². The fraction of sp³-hybridized carbons (Fsp3) is 0.714. The Kier molecular flexibility index (Phi) is 4.12. The molecule has 1 unspecified atom stereocenters. The van der Waals surface area contributed by atoms with Crippen LogP contribution in [0.15, 0.2) is 4.52 Å². The maximum atomic E-state index is 12.4. The van der Waals surface area contributed by atoms with Gasteiger partial charge in [0.25, 0.3) is 0 Å². The predicted octanol–water partition coefficient (Wildman–Crippen LogP) is 2.13. The Morgan fingerprint density at radius 3 is 2.79 bits per heavy atom. The van der Waals surface area contributed by atoms with E-state index in [-0.39, 0.29) is 5.91 Å². The zero-order valence-electron chi connectivity index (χ0n) is 12.3. The molecule has 1 atom stereocenters. The lowest BCUT2D eigenvalue weighted by atomic mass is 10.0. The molecule has 19 heavy (non-hydrogen) atoms. The van der Waals surface area contributed by atoms with Crippen molar-refractivity contribution in [3.63, 3.8) is 0 Å². The van der Waals surface area contributed by atoms with Crippen LogP contribution in [0.4, 0.5) is 5.69 Å². The van der Waals surface area contributed by atoms with Gasteiger partial charge in [0.2, 0.25) is 5.91 Å². The molecular formula is C14H23N3O2. The molecule has 0 N–H and O–H groups in total. The van der Waals surface area contributed by atoms with E-state index in [1.807, 2.05) is 30.7 Å². The number of amides is 1. The zero-order chi connectivity index (χ0) is 14.0. The van der Waals surface area contributed by atoms with Crippen molar-refractivity contribution in [2.24, 2.45) is 0 Å². The monoisotopic (exact) mass is 265 g/mol. The number of rotatable bonds is 3. The Balaban J connectivity index is 2.02. The molecule has 1 amide bonds. The number of likely N-dealkylation sites (N-methyl/N-ethyl adjacent to an activating group) is 1. The van der Waals surface area contributed by atoms with E-state index < -0.39 is 0 Å². The second kappa shape index (κ2) is 5.63. The molecule has 1 aromatic heterocycles. The van der Waals surface area contributed by atoms with E-state index in [2.05, 4.69) is 12.1 Å². The van der Waals surface area contributed by atoms with Crippen LogP contribution in [0.1, 0.15) is 37.6 Å². The minimum atomic E-state index is 0.190. The minimum Gasteiger partial charge on any atom is -0.361 e. The van der Waals surface area contributed by atoms with E-state index in [0.717, 1.165) is 36.5 Å². The molecule has 0 radical (unpaired) electrons. The highest BCUT2D eigenvalue weighted by Crippen LogP contribution is 2.23. The second-order valence-electron chi connectivity index (χ2n) is 5.46. The molecule has 0 spiro atoms. The Bertz CT molecular complexity index is 436. The third-order valence-corrected chi connectivity index (χ3v) is 3.87. The molecule has 2 heterocycles. The van der Waals surface area contributed by atoms with Crippen molar-refractivity contribution in [2.75, 3.05) is 25.0 Å². The van der Waals surface area contributed by atoms with Crippen LogP contribution in [0, 0.1) is 13.8 Å². The standard InChI is InChI=1S/C14H23N3O2/c1-10-7-5-6-8-17(10)13(18)9-16(4)14-11(2)15-19-12(14)3/h10H,5-9H2,1-4H3. The molecule has 5 nitrogen and oxygen atoms in total. The normalized spacial score (nSPS) is 19.6. The minimum absolute atomic E-state index is 0.190. The highest BCUT2D eigenvalue weighted by atomic mass is 16.5. The summed E-state index contributed by atoms with van der Waals surface area (Å²) in [5.41, 5.74) is 1.76. The molecule has 1 fully saturated rings. The van der Waals surface area contributed by atoms with Crippen molar-refractivity contribution in [2.45, 2.75) is 46.1 Å². The largest absolute Gasteiger partial charge is 0.361 e. The molecular weight excluding hydrogens is 242 g/mol. The van der Waals surface area contributed by atoms with E-state index in [1.54, 1.807) is 0 Å². The van der Waals surface area contributed by atoms with Crippen LogP contribution in [0.3, 0.4) is 0 Å². The van der Waals surface area contributed by atoms with Gasteiger partial charge in [0.15, 0.2) is 5.76 Å². The van der Waals surface area contributed by atoms with Gasteiger partial charge in [0.1, 0.15) is 11.4 Å². The van der Waals surface area contributed by atoms with Crippen LogP contribution in [-0.2, 0) is 4.79 Å². The first-order valence-electron chi connectivity index (χ1n) is 6.94. The average molecular weight is 265 g/mol. The molecule has 106 valence electrons. The first-order valence-corrected chi connectivity index (χ1v) is 6.94. The SMILES string of the molecule is Cc1noc(C)c1N(C)CC(=O)N1CCCCC1C. The van der Waals surface area contributed by atoms with Crippen LogP contribution in [0.25, 0.3) is 0 Å². The van der Waals surface area contributed by atoms with Crippen LogP contribution in [-0.4, -0.2) is 42.1 Å². The first kappa shape index (κ1) is 13.9. The maximum absolute atomic E-state index is 12.4. The highest BCUT2D eigenvalue weighted by molar-refractivity contribution is 5.82. The van der Waals surface area contributed by atoms with Crippen molar-refractivity contribution in [1.29, 1.82) is 0 Å². The van der Waals surface area contributed by atoms with Gasteiger partial charge >= 0.3 is 0 Å². The maximum Gasteiger partial charge on any atom is 0.242 e. The molecule has 1 aliphatic heterocycles. The summed E-state index contributed by atoms with van der Waals surface area (Å²) in [5.74, 6) is 0.953. The lowest BCUT2D eigenvalue weighted by Crippen LogP contribution is -2.46. The van der Waals surface area contributed by atoms with Crippen molar-refractivity contribution >= 4 is 11.6 Å². The summed E-state index contributed by atoms with van der Waals surface area (Å²) in [5, 5.41) is 3.93. The number of piperidine rings is 1. The molecule has 1 aromatic rings. The summed E-state index contributed by atoms with van der Waals surface area (Å²) >= 11 is 0. The third-order valence-electron chi connectivity index (χ3n) is 3.87. The number of carbonyl (C=O) groups is 1. The van der Waals surface area contributed by atoms with Gasteiger partial charge in [-0.2, -0.15) is 0 Å². The van der Waals surface area contributed by atoms with Crippen molar-refractivity contribution in [3.05, 3.63) is 11.5 Å². The second-order valence-corrected chi connectivity index (χ2v) is 5.46. The molecule has 5 heteroatoms. The number of anilines is 1. The Morgan fingerprint density at radius 2 is 2.21 bits per heavy atom. The number of hydrogen-bond donors (Lipinski definition) is 0. The summed E-state index contributed by atoms with van der Waals surface area (Å²) in [6.45, 7) is 7.17. The van der Waals surface area contributed by atoms with Gasteiger partial charge < -0.3 is 14.3 Å². The van der Waals surface area contributed by atoms with Crippen molar-refractivity contribution < 1.29 is 9.32 Å². The first-order chi connectivity index (χ1) is 9.00. The van der Waals surface area contributed by atoms with E-state index in [0.29, 0.717) is 12.6 Å². The van der Waals surface area contributed by atoms with Gasteiger partial charge in [-0.25, -0.2) is 0 Å². The summed E-state index contributed by atoms with van der Waals surface area (Å²) in [7, 11) is 1.92. The summed E-state index contributed by atoms with van der Waals surface area (Å²) in [6.07, 6.45) is 3.45. The fourth-order valence-electron chi connectivity index (χ4n) is 2.86. The van der Waals surface area contributed by atoms with Gasteiger partial charge in [0.05, 0.1) is 6.54 Å². The molecule has 0 saturated carbocycles. The van der Waals surface area contributed by atoms with Gasteiger partial charge in [0, 0.05) is 19.6 Å². The quantitative estimate of drug-likeness (QED) is 0.840. The molecule has 1 saturated heterocycles. The van der Waals surface area contributed by atoms with Crippen LogP contribution in [0.2, 0.25) is 0 Å². The van der Waals surface area contributed by atoms with Crippen LogP contribution < -0.4 is 4.90 Å². The lowest BCUT2D eigenvalue weighted by molar-refractivity contribution is -0.132. The van der Waals surface area contributed by atoms with E-state index in [4.69, 9.17) is 4.52 Å². The average Bonchev–Trinajstić information content (AvgIpc) is 2.69. The molecule has 0 aromatic carbocycles. The predicted molar refractivity (Wildman–Crippen MR) is 74.3 cm³/mol. The van der Waals surface area contributed by atoms with E-state index in [1.165, 1.54) is 6.42 Å². The van der Waals surface area contributed by atoms with Crippen molar-refractivity contribution in [1.82, 2.24) is 10.1 Å². The number of aryl methyl sites for hydroxylation is 2. The van der Waals surface area contributed by atoms with Gasteiger partial charge in [-0.05, 0) is 40.0 Å². The highest BCUT2D eigenvalue weighted by Gasteiger charge is 2.25. The summed E-state index contributed by atoms with van der Waals surface area (Å²) in [6, 6.07) is 0.360. The third kappa shape index (κ3) is 2.91. The number of likely N-dealkylation sites (tertiary alicyclic amines) is 1. The van der Waals surface area contributed by atoms with Gasteiger partial charge in [-0.15, -0.1) is 0 Å². The number of aromatic nitrogens is 1. The molecule has 0 bridgehead atoms. The van der Waals surface area contributed by atoms with Gasteiger partial charge in [-0.3, -0.25) is 4.79 Å². The van der Waals surface area contributed by atoms with E-state index in [9.17, 15) is 4.79 Å². The van der Waals surface area contributed by atoms with E-state index >= 15 is 0 Å². The molecule has 2 rings (SSSR count). The number of nitrogens with zero attached hydrogens (tertiary/aromatic N) is 3. The van der Waals surface area contributed by atoms with Crippen molar-refractivity contribution in [3.8, 4) is 0 Å². The Morgan fingerprint density at radius 1 is 1.47 bits per heavy atom. The van der Waals surface area contributed by atoms with Gasteiger partial charge in [-0.1, -0.05) is 5.16 Å². The molecule has 1 aliphatic rings. The summed E-state index contributed by atoms with van der Waals surface area (Å²) < 4.78 is 5.15. The smallest absolute Gasteiger partial charge is 0.242 e. The number of hydrogen-bond acceptors (Lipinski definition) is 4. The zero-order valence-corrected chi connectivity index (χ0v) is 12.3. The lowest BCUT2D eigenvalue weighted by Gasteiger charge is -2.34. The Labute approximate surface area is 114 Å². The van der Waals surface area contributed by atoms with Crippen LogP contribution >= 0.6 is 0 Å².